The quantitative estimate of drug-likeness (QED) is 0.527. The Kier molecular flexibility index (Phi) is 6.49. The zero-order valence-electron chi connectivity index (χ0n) is 14.9. The predicted molar refractivity (Wildman–Crippen MR) is 104 cm³/mol. The number of pyridine rings is 1. The van der Waals surface area contributed by atoms with Gasteiger partial charge in [0.25, 0.3) is 0 Å². The molecular formula is C21H20ClNO4. The zero-order chi connectivity index (χ0) is 19.1. The largest absolute Gasteiger partial charge is 0.493 e. The van der Waals surface area contributed by atoms with Gasteiger partial charge in [-0.3, -0.25) is 4.98 Å². The molecule has 1 heterocycles. The first-order valence-electron chi connectivity index (χ1n) is 8.67. The van der Waals surface area contributed by atoms with Crippen molar-refractivity contribution >= 4 is 28.5 Å². The highest BCUT2D eigenvalue weighted by Gasteiger charge is 2.13. The highest BCUT2D eigenvalue weighted by Crippen LogP contribution is 2.29. The van der Waals surface area contributed by atoms with Gasteiger partial charge in [0.2, 0.25) is 0 Å². The highest BCUT2D eigenvalue weighted by molar-refractivity contribution is 6.35. The molecule has 3 aromatic rings. The summed E-state index contributed by atoms with van der Waals surface area (Å²) in [5.74, 6) is 0.842. The van der Waals surface area contributed by atoms with Crippen molar-refractivity contribution in [3.8, 4) is 11.5 Å². The molecule has 0 fully saturated rings. The molecule has 3 rings (SSSR count). The van der Waals surface area contributed by atoms with Crippen LogP contribution in [0, 0.1) is 0 Å². The number of ether oxygens (including phenoxy) is 3. The fourth-order valence-electron chi connectivity index (χ4n) is 2.54. The number of rotatable bonds is 8. The third-order valence-electron chi connectivity index (χ3n) is 3.89. The third-order valence-corrected chi connectivity index (χ3v) is 4.22. The molecule has 0 aliphatic carbocycles. The molecule has 0 spiro atoms. The summed E-state index contributed by atoms with van der Waals surface area (Å²) in [6, 6.07) is 16.6. The maximum Gasteiger partial charge on any atom is 0.344 e. The van der Waals surface area contributed by atoms with Crippen LogP contribution in [0.5, 0.6) is 11.5 Å². The fraction of sp³-hybridized carbons (Fsp3) is 0.238. The summed E-state index contributed by atoms with van der Waals surface area (Å²) < 4.78 is 16.5. The van der Waals surface area contributed by atoms with Crippen molar-refractivity contribution in [1.82, 2.24) is 4.98 Å². The van der Waals surface area contributed by atoms with Gasteiger partial charge in [-0.1, -0.05) is 29.8 Å². The van der Waals surface area contributed by atoms with Crippen LogP contribution < -0.4 is 9.47 Å². The summed E-state index contributed by atoms with van der Waals surface area (Å²) >= 11 is 6.15. The molecule has 6 heteroatoms. The van der Waals surface area contributed by atoms with E-state index in [0.29, 0.717) is 29.3 Å². The van der Waals surface area contributed by atoms with Crippen LogP contribution >= 0.6 is 11.6 Å². The molecule has 0 saturated heterocycles. The number of aromatic nitrogens is 1. The lowest BCUT2D eigenvalue weighted by molar-refractivity contribution is -0.151. The Balaban J connectivity index is 1.46. The van der Waals surface area contributed by atoms with E-state index < -0.39 is 5.97 Å². The lowest BCUT2D eigenvalue weighted by Crippen LogP contribution is -2.22. The SMILES string of the molecule is CC(CCOc1ccccc1)OC(=O)COc1ccc(Cl)c2cccnc12. The molecule has 1 aromatic heterocycles. The number of carbonyl (C=O) groups excluding carboxylic acids is 1. The van der Waals surface area contributed by atoms with E-state index in [4.69, 9.17) is 25.8 Å². The lowest BCUT2D eigenvalue weighted by Gasteiger charge is -2.14. The molecule has 0 N–H and O–H groups in total. The average molecular weight is 386 g/mol. The molecule has 0 amide bonds. The third kappa shape index (κ3) is 5.34. The highest BCUT2D eigenvalue weighted by atomic mass is 35.5. The van der Waals surface area contributed by atoms with Gasteiger partial charge in [-0.05, 0) is 43.3 Å². The Bertz CT molecular complexity index is 901. The van der Waals surface area contributed by atoms with Gasteiger partial charge in [0.05, 0.1) is 11.6 Å². The van der Waals surface area contributed by atoms with Crippen LogP contribution in [0.15, 0.2) is 60.8 Å². The maximum atomic E-state index is 12.0. The van der Waals surface area contributed by atoms with E-state index in [1.54, 1.807) is 24.4 Å². The van der Waals surface area contributed by atoms with Crippen molar-refractivity contribution in [3.63, 3.8) is 0 Å². The fourth-order valence-corrected chi connectivity index (χ4v) is 2.76. The topological polar surface area (TPSA) is 57.7 Å². The standard InChI is InChI=1S/C21H20ClNO4/c1-15(11-13-25-16-6-3-2-4-7-16)27-20(24)14-26-19-10-9-18(22)17-8-5-12-23-21(17)19/h2-10,12,15H,11,13-14H2,1H3. The minimum atomic E-state index is -0.443. The van der Waals surface area contributed by atoms with Gasteiger partial charge in [0, 0.05) is 18.0 Å². The Hall–Kier alpha value is -2.79. The first-order chi connectivity index (χ1) is 13.1. The van der Waals surface area contributed by atoms with Crippen molar-refractivity contribution in [1.29, 1.82) is 0 Å². The van der Waals surface area contributed by atoms with Gasteiger partial charge < -0.3 is 14.2 Å². The van der Waals surface area contributed by atoms with Crippen molar-refractivity contribution in [2.45, 2.75) is 19.4 Å². The summed E-state index contributed by atoms with van der Waals surface area (Å²) in [5.41, 5.74) is 0.613. The molecule has 1 unspecified atom stereocenters. The van der Waals surface area contributed by atoms with Crippen LogP contribution in [0.3, 0.4) is 0 Å². The van der Waals surface area contributed by atoms with Gasteiger partial charge in [0.15, 0.2) is 6.61 Å². The maximum absolute atomic E-state index is 12.0. The number of para-hydroxylation sites is 1. The molecule has 0 aliphatic rings. The molecule has 140 valence electrons. The molecule has 2 aromatic carbocycles. The Morgan fingerprint density at radius 2 is 1.89 bits per heavy atom. The van der Waals surface area contributed by atoms with Gasteiger partial charge in [0.1, 0.15) is 23.1 Å². The summed E-state index contributed by atoms with van der Waals surface area (Å²) in [6.45, 7) is 2.09. The predicted octanol–water partition coefficient (Wildman–Crippen LogP) is 4.67. The van der Waals surface area contributed by atoms with Gasteiger partial charge in [-0.15, -0.1) is 0 Å². The van der Waals surface area contributed by atoms with Crippen molar-refractivity contribution in [3.05, 3.63) is 65.8 Å². The van der Waals surface area contributed by atoms with Gasteiger partial charge in [-0.2, -0.15) is 0 Å². The minimum absolute atomic E-state index is 0.197. The van der Waals surface area contributed by atoms with E-state index >= 15 is 0 Å². The van der Waals surface area contributed by atoms with Crippen molar-refractivity contribution in [2.75, 3.05) is 13.2 Å². The monoisotopic (exact) mass is 385 g/mol. The number of hydrogen-bond acceptors (Lipinski definition) is 5. The second kappa shape index (κ2) is 9.24. The van der Waals surface area contributed by atoms with Crippen LogP contribution in [-0.4, -0.2) is 30.3 Å². The number of esters is 1. The van der Waals surface area contributed by atoms with E-state index in [2.05, 4.69) is 4.98 Å². The van der Waals surface area contributed by atoms with E-state index in [9.17, 15) is 4.79 Å². The van der Waals surface area contributed by atoms with Crippen molar-refractivity contribution < 1.29 is 19.0 Å². The molecule has 0 aliphatic heterocycles. The average Bonchev–Trinajstić information content (AvgIpc) is 2.68. The minimum Gasteiger partial charge on any atom is -0.493 e. The molecule has 1 atom stereocenters. The Morgan fingerprint density at radius 3 is 2.70 bits per heavy atom. The molecule has 0 saturated carbocycles. The number of hydrogen-bond donors (Lipinski definition) is 0. The number of carbonyl (C=O) groups is 1. The number of halogens is 1. The number of nitrogens with zero attached hydrogens (tertiary/aromatic N) is 1. The van der Waals surface area contributed by atoms with Gasteiger partial charge in [-0.25, -0.2) is 4.79 Å². The van der Waals surface area contributed by atoms with Crippen LogP contribution in [0.1, 0.15) is 13.3 Å². The van der Waals surface area contributed by atoms with Crippen LogP contribution in [-0.2, 0) is 9.53 Å². The number of benzene rings is 2. The summed E-state index contributed by atoms with van der Waals surface area (Å²) in [6.07, 6.45) is 1.97. The number of fused-ring (bicyclic) bond motifs is 1. The zero-order valence-corrected chi connectivity index (χ0v) is 15.7. The van der Waals surface area contributed by atoms with E-state index in [-0.39, 0.29) is 12.7 Å². The first kappa shape index (κ1) is 19.0. The molecule has 5 nitrogen and oxygen atoms in total. The summed E-state index contributed by atoms with van der Waals surface area (Å²) in [5, 5.41) is 1.36. The Labute approximate surface area is 162 Å². The molecule has 0 bridgehead atoms. The smallest absolute Gasteiger partial charge is 0.344 e. The molecular weight excluding hydrogens is 366 g/mol. The second-order valence-electron chi connectivity index (χ2n) is 5.98. The van der Waals surface area contributed by atoms with Gasteiger partial charge >= 0.3 is 5.97 Å². The van der Waals surface area contributed by atoms with Crippen molar-refractivity contribution in [2.24, 2.45) is 0 Å². The normalized spacial score (nSPS) is 11.8. The van der Waals surface area contributed by atoms with E-state index in [1.807, 2.05) is 43.3 Å². The van der Waals surface area contributed by atoms with Crippen LogP contribution in [0.2, 0.25) is 5.02 Å². The van der Waals surface area contributed by atoms with E-state index in [0.717, 1.165) is 11.1 Å². The summed E-state index contributed by atoms with van der Waals surface area (Å²) in [7, 11) is 0. The molecule has 27 heavy (non-hydrogen) atoms. The first-order valence-corrected chi connectivity index (χ1v) is 9.04. The summed E-state index contributed by atoms with van der Waals surface area (Å²) in [4.78, 5) is 16.3. The molecule has 0 radical (unpaired) electrons. The Morgan fingerprint density at radius 1 is 1.07 bits per heavy atom. The van der Waals surface area contributed by atoms with E-state index in [1.165, 1.54) is 0 Å². The second-order valence-corrected chi connectivity index (χ2v) is 6.39. The van der Waals surface area contributed by atoms with Crippen LogP contribution in [0.4, 0.5) is 0 Å². The van der Waals surface area contributed by atoms with Crippen LogP contribution in [0.25, 0.3) is 10.9 Å². The lowest BCUT2D eigenvalue weighted by atomic mass is 10.2.